The van der Waals surface area contributed by atoms with Gasteiger partial charge < -0.3 is 10.0 Å². The Morgan fingerprint density at radius 1 is 0.548 bits per heavy atom. The third-order valence-corrected chi connectivity index (χ3v) is 6.20. The van der Waals surface area contributed by atoms with Gasteiger partial charge >= 0.3 is 0 Å². The molecule has 3 rings (SSSR count). The summed E-state index contributed by atoms with van der Waals surface area (Å²) in [5.41, 5.74) is 2.92. The number of piperidine rings is 1. The first-order valence-electron chi connectivity index (χ1n) is 12.8. The number of benzene rings is 2. The molecule has 1 aliphatic heterocycles. The number of rotatable bonds is 13. The zero-order valence-electron chi connectivity index (χ0n) is 19.7. The van der Waals surface area contributed by atoms with Crippen molar-refractivity contribution < 1.29 is 5.11 Å². The summed E-state index contributed by atoms with van der Waals surface area (Å²) in [5.74, 6) is 0. The van der Waals surface area contributed by atoms with Gasteiger partial charge in [-0.05, 0) is 82.1 Å². The largest absolute Gasteiger partial charge is 0.396 e. The molecule has 0 unspecified atom stereocenters. The first kappa shape index (κ1) is 25.6. The summed E-state index contributed by atoms with van der Waals surface area (Å²) in [7, 11) is 0. The maximum absolute atomic E-state index is 8.58. The number of likely N-dealkylation sites (tertiary alicyclic amines) is 1. The summed E-state index contributed by atoms with van der Waals surface area (Å²) in [6.45, 7) is 4.38. The average molecular weight is 424 g/mol. The monoisotopic (exact) mass is 423 g/mol. The smallest absolute Gasteiger partial charge is 0.0431 e. The Labute approximate surface area is 191 Å². The average Bonchev–Trinajstić information content (AvgIpc) is 2.84. The molecule has 2 aromatic rings. The van der Waals surface area contributed by atoms with Gasteiger partial charge in [-0.15, -0.1) is 0 Å². The third-order valence-electron chi connectivity index (χ3n) is 6.20. The van der Waals surface area contributed by atoms with Crippen LogP contribution in [0.4, 0.5) is 0 Å². The van der Waals surface area contributed by atoms with Gasteiger partial charge in [-0.2, -0.15) is 0 Å². The molecule has 0 radical (unpaired) electrons. The van der Waals surface area contributed by atoms with Gasteiger partial charge in [-0.25, -0.2) is 0 Å². The second-order valence-corrected chi connectivity index (χ2v) is 8.93. The number of aryl methyl sites for hydroxylation is 2. The van der Waals surface area contributed by atoms with Crippen molar-refractivity contribution in [3.8, 4) is 0 Å². The van der Waals surface area contributed by atoms with Crippen LogP contribution in [0.2, 0.25) is 0 Å². The minimum Gasteiger partial charge on any atom is -0.396 e. The molecule has 0 spiro atoms. The second kappa shape index (κ2) is 18.0. The molecule has 1 heterocycles. The van der Waals surface area contributed by atoms with Gasteiger partial charge in [0, 0.05) is 6.61 Å². The Morgan fingerprint density at radius 2 is 1.03 bits per heavy atom. The molecule has 1 N–H and O–H groups in total. The lowest BCUT2D eigenvalue weighted by Crippen LogP contribution is -2.30. The lowest BCUT2D eigenvalue weighted by molar-refractivity contribution is 0.224. The Balaban J connectivity index is 0.000000233. The van der Waals surface area contributed by atoms with Gasteiger partial charge in [0.15, 0.2) is 0 Å². The van der Waals surface area contributed by atoms with Gasteiger partial charge in [0.1, 0.15) is 0 Å². The molecule has 1 aliphatic rings. The lowest BCUT2D eigenvalue weighted by atomic mass is 10.1. The molecule has 2 heteroatoms. The van der Waals surface area contributed by atoms with Crippen LogP contribution in [0.3, 0.4) is 0 Å². The molecule has 0 bridgehead atoms. The van der Waals surface area contributed by atoms with Gasteiger partial charge in [0.05, 0.1) is 0 Å². The normalized spacial score (nSPS) is 14.1. The maximum Gasteiger partial charge on any atom is 0.0431 e. The highest BCUT2D eigenvalue weighted by Crippen LogP contribution is 2.12. The van der Waals surface area contributed by atoms with Crippen molar-refractivity contribution in [3.05, 3.63) is 71.8 Å². The highest BCUT2D eigenvalue weighted by Gasteiger charge is 2.08. The van der Waals surface area contributed by atoms with E-state index in [-0.39, 0.29) is 0 Å². The molecule has 0 aliphatic carbocycles. The van der Waals surface area contributed by atoms with E-state index in [1.807, 2.05) is 0 Å². The van der Waals surface area contributed by atoms with Crippen LogP contribution < -0.4 is 0 Å². The molecule has 2 aromatic carbocycles. The molecule has 0 amide bonds. The summed E-state index contributed by atoms with van der Waals surface area (Å²) in [6.07, 6.45) is 16.9. The van der Waals surface area contributed by atoms with E-state index in [1.165, 1.54) is 101 Å². The summed E-state index contributed by atoms with van der Waals surface area (Å²) in [4.78, 5) is 2.65. The Bertz CT molecular complexity index is 622. The molecule has 0 atom stereocenters. The van der Waals surface area contributed by atoms with Crippen molar-refractivity contribution in [3.63, 3.8) is 0 Å². The van der Waals surface area contributed by atoms with Crippen LogP contribution in [-0.2, 0) is 12.8 Å². The fraction of sp³-hybridized carbons (Fsp3) is 0.586. The fourth-order valence-corrected chi connectivity index (χ4v) is 4.28. The SMILES string of the molecule is OCCCCCCc1ccccc1.c1ccc(CCCCCCN2CCCCC2)cc1. The standard InChI is InChI=1S/C17H27N.C12H18O/c1(5-11-17-12-6-3-7-13-17)2-8-14-18-15-9-4-10-16-18;13-11-7-2-1-4-8-12-9-5-3-6-10-12/h3,6-7,12-13H,1-2,4-5,8-11,14-16H2;3,5-6,9-10,13H,1-2,4,7-8,11H2. The van der Waals surface area contributed by atoms with E-state index in [2.05, 4.69) is 65.6 Å². The molecule has 31 heavy (non-hydrogen) atoms. The molecule has 0 saturated carbocycles. The van der Waals surface area contributed by atoms with E-state index in [1.54, 1.807) is 0 Å². The fourth-order valence-electron chi connectivity index (χ4n) is 4.28. The summed E-state index contributed by atoms with van der Waals surface area (Å²) >= 11 is 0. The Kier molecular flexibility index (Phi) is 14.9. The van der Waals surface area contributed by atoms with Crippen LogP contribution >= 0.6 is 0 Å². The van der Waals surface area contributed by atoms with Gasteiger partial charge in [-0.3, -0.25) is 0 Å². The Hall–Kier alpha value is -1.64. The van der Waals surface area contributed by atoms with Gasteiger partial charge in [0.25, 0.3) is 0 Å². The molecule has 172 valence electrons. The maximum atomic E-state index is 8.58. The number of nitrogens with zero attached hydrogens (tertiary/aromatic N) is 1. The highest BCUT2D eigenvalue weighted by atomic mass is 16.2. The molecular formula is C29H45NO. The van der Waals surface area contributed by atoms with Crippen molar-refractivity contribution in [2.75, 3.05) is 26.2 Å². The topological polar surface area (TPSA) is 23.5 Å². The van der Waals surface area contributed by atoms with Crippen molar-refractivity contribution in [1.82, 2.24) is 4.90 Å². The van der Waals surface area contributed by atoms with Crippen molar-refractivity contribution in [2.24, 2.45) is 0 Å². The molecule has 1 fully saturated rings. The van der Waals surface area contributed by atoms with Gasteiger partial charge in [0.2, 0.25) is 0 Å². The number of hydrogen-bond donors (Lipinski definition) is 1. The summed E-state index contributed by atoms with van der Waals surface area (Å²) in [5, 5.41) is 8.58. The second-order valence-electron chi connectivity index (χ2n) is 8.93. The zero-order chi connectivity index (χ0) is 21.8. The van der Waals surface area contributed by atoms with Crippen LogP contribution in [0.25, 0.3) is 0 Å². The van der Waals surface area contributed by atoms with Crippen LogP contribution in [0.1, 0.15) is 81.8 Å². The van der Waals surface area contributed by atoms with Crippen LogP contribution in [0, 0.1) is 0 Å². The van der Waals surface area contributed by atoms with E-state index >= 15 is 0 Å². The van der Waals surface area contributed by atoms with E-state index < -0.39 is 0 Å². The molecular weight excluding hydrogens is 378 g/mol. The van der Waals surface area contributed by atoms with Crippen molar-refractivity contribution >= 4 is 0 Å². The molecule has 2 nitrogen and oxygen atoms in total. The summed E-state index contributed by atoms with van der Waals surface area (Å²) < 4.78 is 0. The number of hydrogen-bond acceptors (Lipinski definition) is 2. The zero-order valence-corrected chi connectivity index (χ0v) is 19.7. The lowest BCUT2D eigenvalue weighted by Gasteiger charge is -2.26. The van der Waals surface area contributed by atoms with E-state index in [9.17, 15) is 0 Å². The van der Waals surface area contributed by atoms with Gasteiger partial charge in [-0.1, -0.05) is 92.8 Å². The highest BCUT2D eigenvalue weighted by molar-refractivity contribution is 5.15. The predicted octanol–water partition coefficient (Wildman–Crippen LogP) is 7.06. The van der Waals surface area contributed by atoms with Crippen LogP contribution in [0.5, 0.6) is 0 Å². The minimum absolute atomic E-state index is 0.339. The van der Waals surface area contributed by atoms with E-state index in [0.29, 0.717) is 6.61 Å². The van der Waals surface area contributed by atoms with E-state index in [4.69, 9.17) is 5.11 Å². The predicted molar refractivity (Wildman–Crippen MR) is 135 cm³/mol. The number of unbranched alkanes of at least 4 members (excludes halogenated alkanes) is 6. The van der Waals surface area contributed by atoms with Crippen LogP contribution in [-0.4, -0.2) is 36.2 Å². The Morgan fingerprint density at radius 3 is 1.55 bits per heavy atom. The number of aliphatic hydroxyl groups excluding tert-OH is 1. The number of aliphatic hydroxyl groups is 1. The quantitative estimate of drug-likeness (QED) is 0.349. The molecule has 1 saturated heterocycles. The van der Waals surface area contributed by atoms with Crippen molar-refractivity contribution in [2.45, 2.75) is 83.5 Å². The minimum atomic E-state index is 0.339. The molecule has 0 aromatic heterocycles. The summed E-state index contributed by atoms with van der Waals surface area (Å²) in [6, 6.07) is 21.4. The first-order valence-corrected chi connectivity index (χ1v) is 12.8. The van der Waals surface area contributed by atoms with E-state index in [0.717, 1.165) is 12.8 Å². The van der Waals surface area contributed by atoms with Crippen LogP contribution in [0.15, 0.2) is 60.7 Å². The third kappa shape index (κ3) is 13.4. The first-order chi connectivity index (χ1) is 15.4. The van der Waals surface area contributed by atoms with Crippen molar-refractivity contribution in [1.29, 1.82) is 0 Å².